The third kappa shape index (κ3) is 3.62. The van der Waals surface area contributed by atoms with Crippen LogP contribution in [0.25, 0.3) is 0 Å². The van der Waals surface area contributed by atoms with Gasteiger partial charge >= 0.3 is 0 Å². The largest absolute Gasteiger partial charge is 0.342 e. The molecule has 88 valence electrons. The molecule has 0 atom stereocenters. The molecule has 0 fully saturated rings. The Balaban J connectivity index is 2.96. The summed E-state index contributed by atoms with van der Waals surface area (Å²) in [6, 6.07) is 0. The third-order valence-electron chi connectivity index (χ3n) is 2.41. The molecule has 1 heterocycles. The Hall–Kier alpha value is -0.340. The molecule has 0 bridgehead atoms. The van der Waals surface area contributed by atoms with Gasteiger partial charge in [-0.3, -0.25) is 0 Å². The molecule has 1 aliphatic heterocycles. The van der Waals surface area contributed by atoms with E-state index in [0.29, 0.717) is 0 Å². The van der Waals surface area contributed by atoms with Crippen LogP contribution in [0.3, 0.4) is 0 Å². The lowest BCUT2D eigenvalue weighted by molar-refractivity contribution is -0.253. The van der Waals surface area contributed by atoms with Gasteiger partial charge in [0.05, 0.1) is 11.2 Å². The predicted molar refractivity (Wildman–Crippen MR) is 62.7 cm³/mol. The van der Waals surface area contributed by atoms with E-state index in [4.69, 9.17) is 9.47 Å². The maximum absolute atomic E-state index is 5.99. The molecule has 0 aromatic carbocycles. The Kier molecular flexibility index (Phi) is 3.05. The zero-order valence-corrected chi connectivity index (χ0v) is 11.0. The molecule has 0 aliphatic carbocycles. The average molecular weight is 212 g/mol. The van der Waals surface area contributed by atoms with Gasteiger partial charge in [0, 0.05) is 5.41 Å². The van der Waals surface area contributed by atoms with Crippen molar-refractivity contribution in [3.63, 3.8) is 0 Å². The third-order valence-corrected chi connectivity index (χ3v) is 2.41. The standard InChI is InChI=1S/C13H24O2/c1-11(2,3)10-14-12(4,5)8-9-13(6,7)15-10/h8-10H,1-7H3. The number of hydrogen-bond donors (Lipinski definition) is 0. The van der Waals surface area contributed by atoms with Crippen molar-refractivity contribution in [1.29, 1.82) is 0 Å². The van der Waals surface area contributed by atoms with E-state index >= 15 is 0 Å². The van der Waals surface area contributed by atoms with Gasteiger partial charge in [-0.25, -0.2) is 0 Å². The van der Waals surface area contributed by atoms with E-state index < -0.39 is 0 Å². The normalized spacial score (nSPS) is 26.3. The van der Waals surface area contributed by atoms with Crippen LogP contribution in [0.4, 0.5) is 0 Å². The van der Waals surface area contributed by atoms with Crippen LogP contribution in [-0.2, 0) is 9.47 Å². The van der Waals surface area contributed by atoms with E-state index in [-0.39, 0.29) is 22.9 Å². The van der Waals surface area contributed by atoms with Gasteiger partial charge in [0.1, 0.15) is 0 Å². The topological polar surface area (TPSA) is 18.5 Å². The van der Waals surface area contributed by atoms with Gasteiger partial charge in [-0.1, -0.05) is 32.9 Å². The van der Waals surface area contributed by atoms with Gasteiger partial charge in [-0.05, 0) is 27.7 Å². The van der Waals surface area contributed by atoms with Crippen molar-refractivity contribution in [1.82, 2.24) is 0 Å². The fraction of sp³-hybridized carbons (Fsp3) is 0.846. The molecule has 0 saturated heterocycles. The van der Waals surface area contributed by atoms with Crippen molar-refractivity contribution >= 4 is 0 Å². The van der Waals surface area contributed by atoms with Crippen molar-refractivity contribution in [2.75, 3.05) is 0 Å². The minimum Gasteiger partial charge on any atom is -0.342 e. The Bertz CT molecular complexity index is 236. The quantitative estimate of drug-likeness (QED) is 0.572. The molecule has 0 unspecified atom stereocenters. The molecule has 0 amide bonds. The van der Waals surface area contributed by atoms with Crippen molar-refractivity contribution in [3.05, 3.63) is 12.2 Å². The second-order valence-electron chi connectivity index (χ2n) is 6.47. The van der Waals surface area contributed by atoms with E-state index in [1.807, 2.05) is 0 Å². The lowest BCUT2D eigenvalue weighted by Crippen LogP contribution is -2.41. The van der Waals surface area contributed by atoms with Crippen molar-refractivity contribution in [2.24, 2.45) is 5.41 Å². The first-order chi connectivity index (χ1) is 6.52. The van der Waals surface area contributed by atoms with Crippen LogP contribution in [0.2, 0.25) is 0 Å². The number of rotatable bonds is 0. The summed E-state index contributed by atoms with van der Waals surface area (Å²) < 4.78 is 12.0. The van der Waals surface area contributed by atoms with Crippen LogP contribution in [0.5, 0.6) is 0 Å². The summed E-state index contributed by atoms with van der Waals surface area (Å²) in [5.74, 6) is 0. The summed E-state index contributed by atoms with van der Waals surface area (Å²) >= 11 is 0. The number of ether oxygens (including phenoxy) is 2. The zero-order chi connectivity index (χ0) is 11.9. The Morgan fingerprint density at radius 1 is 0.867 bits per heavy atom. The molecule has 15 heavy (non-hydrogen) atoms. The van der Waals surface area contributed by atoms with E-state index in [9.17, 15) is 0 Å². The second kappa shape index (κ2) is 3.60. The van der Waals surface area contributed by atoms with E-state index in [1.54, 1.807) is 0 Å². The van der Waals surface area contributed by atoms with E-state index in [2.05, 4.69) is 60.6 Å². The highest BCUT2D eigenvalue weighted by molar-refractivity contribution is 5.07. The minimum atomic E-state index is -0.258. The van der Waals surface area contributed by atoms with Crippen LogP contribution in [0.15, 0.2) is 12.2 Å². The monoisotopic (exact) mass is 212 g/mol. The fourth-order valence-electron chi connectivity index (χ4n) is 1.41. The summed E-state index contributed by atoms with van der Waals surface area (Å²) in [5, 5.41) is 0. The van der Waals surface area contributed by atoms with Crippen molar-refractivity contribution in [3.8, 4) is 0 Å². The van der Waals surface area contributed by atoms with Gasteiger partial charge in [0.25, 0.3) is 0 Å². The Labute approximate surface area is 93.7 Å². The summed E-state index contributed by atoms with van der Waals surface area (Å²) in [4.78, 5) is 0. The molecule has 0 radical (unpaired) electrons. The fourth-order valence-corrected chi connectivity index (χ4v) is 1.41. The van der Waals surface area contributed by atoms with Crippen molar-refractivity contribution < 1.29 is 9.47 Å². The summed E-state index contributed by atoms with van der Waals surface area (Å²) in [6.45, 7) is 14.7. The van der Waals surface area contributed by atoms with Crippen LogP contribution in [-0.4, -0.2) is 17.5 Å². The van der Waals surface area contributed by atoms with Crippen LogP contribution in [0, 0.1) is 5.41 Å². The maximum atomic E-state index is 5.99. The maximum Gasteiger partial charge on any atom is 0.164 e. The molecule has 0 saturated carbocycles. The molecule has 1 rings (SSSR count). The summed E-state index contributed by atoms with van der Waals surface area (Å²) in [7, 11) is 0. The smallest absolute Gasteiger partial charge is 0.164 e. The van der Waals surface area contributed by atoms with Crippen molar-refractivity contribution in [2.45, 2.75) is 66.0 Å². The lowest BCUT2D eigenvalue weighted by Gasteiger charge is -2.37. The molecular formula is C13H24O2. The first-order valence-electron chi connectivity index (χ1n) is 5.58. The molecular weight excluding hydrogens is 188 g/mol. The summed E-state index contributed by atoms with van der Waals surface area (Å²) in [5.41, 5.74) is -0.530. The second-order valence-corrected chi connectivity index (χ2v) is 6.47. The molecule has 0 aromatic heterocycles. The first-order valence-corrected chi connectivity index (χ1v) is 5.58. The highest BCUT2D eigenvalue weighted by atomic mass is 16.7. The lowest BCUT2D eigenvalue weighted by atomic mass is 9.95. The summed E-state index contributed by atoms with van der Waals surface area (Å²) in [6.07, 6.45) is 3.98. The molecule has 2 heteroatoms. The highest BCUT2D eigenvalue weighted by Gasteiger charge is 2.37. The van der Waals surface area contributed by atoms with Gasteiger partial charge in [0.15, 0.2) is 6.29 Å². The Morgan fingerprint density at radius 3 is 1.47 bits per heavy atom. The molecule has 1 aliphatic rings. The molecule has 0 spiro atoms. The van der Waals surface area contributed by atoms with Gasteiger partial charge in [-0.15, -0.1) is 0 Å². The Morgan fingerprint density at radius 2 is 1.20 bits per heavy atom. The van der Waals surface area contributed by atoms with Gasteiger partial charge < -0.3 is 9.47 Å². The minimum absolute atomic E-state index is 0.0133. The first kappa shape index (κ1) is 12.7. The zero-order valence-electron chi connectivity index (χ0n) is 11.0. The predicted octanol–water partition coefficient (Wildman–Crippen LogP) is 3.52. The van der Waals surface area contributed by atoms with E-state index in [1.165, 1.54) is 0 Å². The number of hydrogen-bond acceptors (Lipinski definition) is 2. The van der Waals surface area contributed by atoms with E-state index in [0.717, 1.165) is 0 Å². The highest BCUT2D eigenvalue weighted by Crippen LogP contribution is 2.34. The average Bonchev–Trinajstić information content (AvgIpc) is 2.07. The van der Waals surface area contributed by atoms with Crippen LogP contribution in [0.1, 0.15) is 48.5 Å². The van der Waals surface area contributed by atoms with Crippen LogP contribution < -0.4 is 0 Å². The van der Waals surface area contributed by atoms with Crippen LogP contribution >= 0.6 is 0 Å². The van der Waals surface area contributed by atoms with Gasteiger partial charge in [-0.2, -0.15) is 0 Å². The molecule has 0 N–H and O–H groups in total. The molecule has 0 aromatic rings. The molecule has 2 nitrogen and oxygen atoms in total. The van der Waals surface area contributed by atoms with Gasteiger partial charge in [0.2, 0.25) is 0 Å². The SMILES string of the molecule is CC1(C)C=CC(C)(C)OC(C(C)(C)C)O1.